The highest BCUT2D eigenvalue weighted by molar-refractivity contribution is 6.19. The van der Waals surface area contributed by atoms with E-state index in [1.165, 1.54) is 13.2 Å². The number of ether oxygens (including phenoxy) is 1. The van der Waals surface area contributed by atoms with Crippen molar-refractivity contribution < 1.29 is 13.5 Å². The normalized spacial score (nSPS) is 10.9. The molecule has 0 aliphatic heterocycles. The molecule has 0 unspecified atom stereocenters. The van der Waals surface area contributed by atoms with Crippen molar-refractivity contribution in [3.8, 4) is 5.75 Å². The molecule has 0 radical (unpaired) electrons. The molecule has 0 aliphatic rings. The average Bonchev–Trinajstić information content (AvgIpc) is 2.19. The smallest absolute Gasteiger partial charge is 0.200 e. The van der Waals surface area contributed by atoms with Gasteiger partial charge >= 0.3 is 0 Å². The lowest BCUT2D eigenvalue weighted by atomic mass is 10.2. The first-order chi connectivity index (χ1) is 6.69. The van der Waals surface area contributed by atoms with Crippen molar-refractivity contribution in [1.29, 1.82) is 0 Å². The number of hydrogen-bond donors (Lipinski definition) is 0. The van der Waals surface area contributed by atoms with Crippen LogP contribution < -0.4 is 4.74 Å². The topological polar surface area (TPSA) is 9.23 Å². The van der Waals surface area contributed by atoms with Crippen LogP contribution in [0.1, 0.15) is 5.56 Å². The molecule has 0 N–H and O–H groups in total. The zero-order chi connectivity index (χ0) is 10.6. The second kappa shape index (κ2) is 4.96. The van der Waals surface area contributed by atoms with Crippen LogP contribution in [0.4, 0.5) is 8.78 Å². The Kier molecular flexibility index (Phi) is 3.89. The third kappa shape index (κ3) is 2.45. The number of hydrogen-bond acceptors (Lipinski definition) is 1. The van der Waals surface area contributed by atoms with Crippen molar-refractivity contribution in [3.05, 3.63) is 35.4 Å². The van der Waals surface area contributed by atoms with E-state index >= 15 is 0 Å². The van der Waals surface area contributed by atoms with Crippen molar-refractivity contribution in [2.45, 2.75) is 0 Å². The molecule has 1 aromatic rings. The standard InChI is InChI=1S/C10H9ClF2O/c1-14-9-6-7(3-2-4-11)5-8(12)10(9)13/h2-3,5-6H,4H2,1H3. The number of alkyl halides is 1. The molecule has 1 nitrogen and oxygen atoms in total. The molecule has 0 bridgehead atoms. The lowest BCUT2D eigenvalue weighted by Gasteiger charge is -2.03. The number of allylic oxidation sites excluding steroid dienone is 1. The summed E-state index contributed by atoms with van der Waals surface area (Å²) in [6.07, 6.45) is 3.23. The quantitative estimate of drug-likeness (QED) is 0.708. The van der Waals surface area contributed by atoms with Crippen LogP contribution in [0, 0.1) is 11.6 Å². The van der Waals surface area contributed by atoms with E-state index in [2.05, 4.69) is 4.74 Å². The Morgan fingerprint density at radius 2 is 2.14 bits per heavy atom. The van der Waals surface area contributed by atoms with E-state index in [0.29, 0.717) is 11.4 Å². The molecular formula is C10H9ClF2O. The van der Waals surface area contributed by atoms with Gasteiger partial charge in [0.05, 0.1) is 7.11 Å². The van der Waals surface area contributed by atoms with Crippen LogP contribution in [-0.2, 0) is 0 Å². The third-order valence-corrected chi connectivity index (χ3v) is 1.81. The molecule has 0 fully saturated rings. The van der Waals surface area contributed by atoms with E-state index in [-0.39, 0.29) is 5.75 Å². The summed E-state index contributed by atoms with van der Waals surface area (Å²) in [6.45, 7) is 0. The van der Waals surface area contributed by atoms with Gasteiger partial charge in [-0.15, -0.1) is 11.6 Å². The van der Waals surface area contributed by atoms with Gasteiger partial charge in [0.2, 0.25) is 5.82 Å². The maximum Gasteiger partial charge on any atom is 0.200 e. The summed E-state index contributed by atoms with van der Waals surface area (Å²) in [6, 6.07) is 2.49. The number of rotatable bonds is 3. The van der Waals surface area contributed by atoms with Crippen molar-refractivity contribution in [3.63, 3.8) is 0 Å². The summed E-state index contributed by atoms with van der Waals surface area (Å²) in [5.41, 5.74) is 0.515. The lowest BCUT2D eigenvalue weighted by Crippen LogP contribution is -1.93. The highest BCUT2D eigenvalue weighted by Crippen LogP contribution is 2.22. The predicted molar refractivity (Wildman–Crippen MR) is 52.7 cm³/mol. The number of benzene rings is 1. The lowest BCUT2D eigenvalue weighted by molar-refractivity contribution is 0.371. The predicted octanol–water partition coefficient (Wildman–Crippen LogP) is 3.23. The van der Waals surface area contributed by atoms with Gasteiger partial charge in [-0.05, 0) is 17.7 Å². The molecular weight excluding hydrogens is 210 g/mol. The van der Waals surface area contributed by atoms with Crippen LogP contribution in [0.25, 0.3) is 6.08 Å². The van der Waals surface area contributed by atoms with Crippen LogP contribution in [0.15, 0.2) is 18.2 Å². The molecule has 14 heavy (non-hydrogen) atoms. The van der Waals surface area contributed by atoms with E-state index in [4.69, 9.17) is 11.6 Å². The second-order valence-corrected chi connectivity index (χ2v) is 2.88. The van der Waals surface area contributed by atoms with Crippen molar-refractivity contribution in [1.82, 2.24) is 0 Å². The molecule has 0 saturated carbocycles. The molecule has 0 atom stereocenters. The summed E-state index contributed by atoms with van der Waals surface area (Å²) in [4.78, 5) is 0. The minimum absolute atomic E-state index is 0.112. The summed E-state index contributed by atoms with van der Waals surface area (Å²) in [5.74, 6) is -1.70. The van der Waals surface area contributed by atoms with Crippen molar-refractivity contribution in [2.75, 3.05) is 13.0 Å². The van der Waals surface area contributed by atoms with Crippen LogP contribution >= 0.6 is 11.6 Å². The highest BCUT2D eigenvalue weighted by Gasteiger charge is 2.09. The maximum atomic E-state index is 13.0. The van der Waals surface area contributed by atoms with E-state index in [9.17, 15) is 8.78 Å². The molecule has 1 aromatic carbocycles. The Morgan fingerprint density at radius 1 is 1.43 bits per heavy atom. The van der Waals surface area contributed by atoms with E-state index in [0.717, 1.165) is 6.07 Å². The van der Waals surface area contributed by atoms with Gasteiger partial charge in [-0.25, -0.2) is 4.39 Å². The molecule has 0 heterocycles. The van der Waals surface area contributed by atoms with E-state index < -0.39 is 11.6 Å². The van der Waals surface area contributed by atoms with Gasteiger partial charge in [0.15, 0.2) is 11.6 Å². The summed E-state index contributed by atoms with van der Waals surface area (Å²) in [7, 11) is 1.28. The fourth-order valence-corrected chi connectivity index (χ4v) is 1.10. The average molecular weight is 219 g/mol. The van der Waals surface area contributed by atoms with Crippen LogP contribution in [-0.4, -0.2) is 13.0 Å². The van der Waals surface area contributed by atoms with Crippen molar-refractivity contribution >= 4 is 17.7 Å². The Morgan fingerprint density at radius 3 is 2.71 bits per heavy atom. The largest absolute Gasteiger partial charge is 0.494 e. The van der Waals surface area contributed by atoms with Gasteiger partial charge in [0.1, 0.15) is 0 Å². The molecule has 0 saturated heterocycles. The summed E-state index contributed by atoms with van der Waals surface area (Å²) in [5, 5.41) is 0. The minimum atomic E-state index is -0.976. The molecule has 0 spiro atoms. The van der Waals surface area contributed by atoms with Crippen molar-refractivity contribution in [2.24, 2.45) is 0 Å². The van der Waals surface area contributed by atoms with Gasteiger partial charge in [-0.2, -0.15) is 4.39 Å². The Labute approximate surface area is 85.9 Å². The molecule has 0 aliphatic carbocycles. The van der Waals surface area contributed by atoms with Gasteiger partial charge in [0, 0.05) is 5.88 Å². The Bertz CT molecular complexity index is 350. The fourth-order valence-electron chi connectivity index (χ4n) is 1.01. The Balaban J connectivity index is 3.09. The highest BCUT2D eigenvalue weighted by atomic mass is 35.5. The van der Waals surface area contributed by atoms with E-state index in [1.54, 1.807) is 12.2 Å². The van der Waals surface area contributed by atoms with Crippen LogP contribution in [0.2, 0.25) is 0 Å². The molecule has 1 rings (SSSR count). The first-order valence-electron chi connectivity index (χ1n) is 3.94. The molecule has 4 heteroatoms. The molecule has 76 valence electrons. The van der Waals surface area contributed by atoms with Crippen LogP contribution in [0.3, 0.4) is 0 Å². The maximum absolute atomic E-state index is 13.0. The SMILES string of the molecule is COc1cc(C=CCCl)cc(F)c1F. The number of halogens is 3. The van der Waals surface area contributed by atoms with E-state index in [1.807, 2.05) is 0 Å². The molecule has 0 amide bonds. The first kappa shape index (κ1) is 11.0. The zero-order valence-electron chi connectivity index (χ0n) is 7.56. The zero-order valence-corrected chi connectivity index (χ0v) is 8.31. The van der Waals surface area contributed by atoms with Gasteiger partial charge in [-0.1, -0.05) is 12.2 Å². The summed E-state index contributed by atoms with van der Waals surface area (Å²) < 4.78 is 30.6. The number of methoxy groups -OCH3 is 1. The monoisotopic (exact) mass is 218 g/mol. The fraction of sp³-hybridized carbons (Fsp3) is 0.200. The van der Waals surface area contributed by atoms with Gasteiger partial charge in [-0.3, -0.25) is 0 Å². The Hall–Kier alpha value is -1.09. The summed E-state index contributed by atoms with van der Waals surface area (Å²) >= 11 is 5.41. The first-order valence-corrected chi connectivity index (χ1v) is 4.48. The van der Waals surface area contributed by atoms with Gasteiger partial charge in [0.25, 0.3) is 0 Å². The molecule has 0 aromatic heterocycles. The second-order valence-electron chi connectivity index (χ2n) is 2.58. The van der Waals surface area contributed by atoms with Gasteiger partial charge < -0.3 is 4.74 Å². The third-order valence-electron chi connectivity index (χ3n) is 1.64. The van der Waals surface area contributed by atoms with Crippen LogP contribution in [0.5, 0.6) is 5.75 Å². The minimum Gasteiger partial charge on any atom is -0.494 e.